The summed E-state index contributed by atoms with van der Waals surface area (Å²) in [5.41, 5.74) is 0.872. The van der Waals surface area contributed by atoms with Gasteiger partial charge in [-0.05, 0) is 31.4 Å². The van der Waals surface area contributed by atoms with Gasteiger partial charge in [0.1, 0.15) is 5.66 Å². The highest BCUT2D eigenvalue weighted by Gasteiger charge is 2.45. The van der Waals surface area contributed by atoms with E-state index >= 15 is 0 Å². The fraction of sp³-hybridized carbons (Fsp3) is 0.458. The number of carbonyl (C=O) groups excluding carboxylic acids is 1. The Bertz CT molecular complexity index is 1030. The lowest BCUT2D eigenvalue weighted by Gasteiger charge is -2.53. The highest BCUT2D eigenvalue weighted by Crippen LogP contribution is 2.34. The van der Waals surface area contributed by atoms with Crippen LogP contribution in [0.1, 0.15) is 30.9 Å². The van der Waals surface area contributed by atoms with Crippen molar-refractivity contribution in [3.05, 3.63) is 73.8 Å². The number of rotatable bonds is 6. The Balaban J connectivity index is 1.57. The number of amides is 1. The molecule has 0 N–H and O–H groups in total. The van der Waals surface area contributed by atoms with Crippen LogP contribution in [0, 0.1) is 10.1 Å². The van der Waals surface area contributed by atoms with Crippen molar-refractivity contribution in [3.8, 4) is 0 Å². The molecule has 9 heteroatoms. The van der Waals surface area contributed by atoms with E-state index in [1.807, 2.05) is 23.1 Å². The van der Waals surface area contributed by atoms with Crippen molar-refractivity contribution < 1.29 is 9.72 Å². The molecule has 176 valence electrons. The molecular weight excluding hydrogens is 463 g/mol. The van der Waals surface area contributed by atoms with Gasteiger partial charge in [0.15, 0.2) is 0 Å². The van der Waals surface area contributed by atoms with Gasteiger partial charge in [0.2, 0.25) is 5.91 Å². The molecule has 33 heavy (non-hydrogen) atoms. The molecule has 2 fully saturated rings. The first-order valence-corrected chi connectivity index (χ1v) is 12.0. The van der Waals surface area contributed by atoms with E-state index in [4.69, 9.17) is 23.2 Å². The Morgan fingerprint density at radius 1 is 1.06 bits per heavy atom. The van der Waals surface area contributed by atoms with E-state index in [0.29, 0.717) is 6.54 Å². The van der Waals surface area contributed by atoms with Gasteiger partial charge in [-0.3, -0.25) is 24.7 Å². The van der Waals surface area contributed by atoms with E-state index in [9.17, 15) is 14.9 Å². The molecule has 0 unspecified atom stereocenters. The Morgan fingerprint density at radius 3 is 2.39 bits per heavy atom. The quantitative estimate of drug-likeness (QED) is 0.437. The van der Waals surface area contributed by atoms with Gasteiger partial charge in [-0.1, -0.05) is 53.5 Å². The molecule has 0 radical (unpaired) electrons. The smallest absolute Gasteiger partial charge is 0.274 e. The van der Waals surface area contributed by atoms with Crippen LogP contribution in [0.25, 0.3) is 0 Å². The van der Waals surface area contributed by atoms with Gasteiger partial charge in [0.05, 0.1) is 21.4 Å². The Kier molecular flexibility index (Phi) is 7.24. The maximum atomic E-state index is 13.6. The predicted molar refractivity (Wildman–Crippen MR) is 129 cm³/mol. The zero-order chi connectivity index (χ0) is 23.6. The Labute approximate surface area is 204 Å². The summed E-state index contributed by atoms with van der Waals surface area (Å²) < 4.78 is 0. The fourth-order valence-electron chi connectivity index (χ4n) is 5.06. The highest BCUT2D eigenvalue weighted by molar-refractivity contribution is 6.42. The summed E-state index contributed by atoms with van der Waals surface area (Å²) in [5.74, 6) is -0.134. The molecule has 0 aromatic heterocycles. The zero-order valence-electron chi connectivity index (χ0n) is 18.7. The normalized spacial score (nSPS) is 22.0. The molecule has 0 aliphatic carbocycles. The lowest BCUT2D eigenvalue weighted by atomic mass is 10.0. The first-order chi connectivity index (χ1) is 15.8. The summed E-state index contributed by atoms with van der Waals surface area (Å²) in [7, 11) is 0. The number of likely N-dealkylation sites (tertiary alicyclic amines) is 1. The van der Waals surface area contributed by atoms with Crippen LogP contribution in [0.4, 0.5) is 5.69 Å². The zero-order valence-corrected chi connectivity index (χ0v) is 20.2. The van der Waals surface area contributed by atoms with E-state index in [1.165, 1.54) is 17.7 Å². The minimum absolute atomic E-state index is 0.0880. The van der Waals surface area contributed by atoms with Crippen LogP contribution in [0.2, 0.25) is 10.0 Å². The summed E-state index contributed by atoms with van der Waals surface area (Å²) in [4.78, 5) is 31.3. The van der Waals surface area contributed by atoms with E-state index in [-0.39, 0.29) is 33.6 Å². The van der Waals surface area contributed by atoms with Crippen molar-refractivity contribution in [2.75, 3.05) is 32.7 Å². The van der Waals surface area contributed by atoms with Crippen LogP contribution < -0.4 is 0 Å². The Hall–Kier alpha value is -2.19. The first kappa shape index (κ1) is 24.0. The number of carbonyl (C=O) groups is 1. The molecular formula is C24H28Cl2N4O3. The number of benzene rings is 2. The van der Waals surface area contributed by atoms with Crippen LogP contribution in [-0.2, 0) is 17.8 Å². The van der Waals surface area contributed by atoms with Crippen LogP contribution in [0.3, 0.4) is 0 Å². The van der Waals surface area contributed by atoms with Gasteiger partial charge >= 0.3 is 0 Å². The average molecular weight is 491 g/mol. The molecule has 2 aliphatic heterocycles. The SMILES string of the molecule is C[C@]1(N2CCCC2)CN(Cc2ccccc2)CCN1C(=O)Cc1cc(Cl)c(Cl)cc1[N+](=O)[O-]. The second-order valence-corrected chi connectivity index (χ2v) is 9.80. The molecule has 2 aromatic carbocycles. The van der Waals surface area contributed by atoms with Crippen molar-refractivity contribution in [2.24, 2.45) is 0 Å². The van der Waals surface area contributed by atoms with Gasteiger partial charge in [0, 0.05) is 50.9 Å². The molecule has 0 bridgehead atoms. The topological polar surface area (TPSA) is 69.9 Å². The third-order valence-electron chi connectivity index (χ3n) is 6.74. The van der Waals surface area contributed by atoms with Crippen molar-refractivity contribution >= 4 is 34.8 Å². The monoisotopic (exact) mass is 490 g/mol. The highest BCUT2D eigenvalue weighted by atomic mass is 35.5. The lowest BCUT2D eigenvalue weighted by molar-refractivity contribution is -0.385. The molecule has 1 amide bonds. The number of hydrogen-bond acceptors (Lipinski definition) is 5. The van der Waals surface area contributed by atoms with Crippen molar-refractivity contribution in [1.82, 2.24) is 14.7 Å². The molecule has 0 saturated carbocycles. The summed E-state index contributed by atoms with van der Waals surface area (Å²) >= 11 is 12.1. The Morgan fingerprint density at radius 2 is 1.73 bits per heavy atom. The molecule has 0 spiro atoms. The minimum Gasteiger partial charge on any atom is -0.322 e. The van der Waals surface area contributed by atoms with E-state index < -0.39 is 10.6 Å². The van der Waals surface area contributed by atoms with Crippen molar-refractivity contribution in [2.45, 2.75) is 38.4 Å². The van der Waals surface area contributed by atoms with Crippen LogP contribution >= 0.6 is 23.2 Å². The van der Waals surface area contributed by atoms with Gasteiger partial charge in [-0.2, -0.15) is 0 Å². The van der Waals surface area contributed by atoms with Crippen molar-refractivity contribution in [1.29, 1.82) is 0 Å². The largest absolute Gasteiger partial charge is 0.322 e. The van der Waals surface area contributed by atoms with Gasteiger partial charge in [-0.15, -0.1) is 0 Å². The second-order valence-electron chi connectivity index (χ2n) is 8.98. The molecule has 1 atom stereocenters. The van der Waals surface area contributed by atoms with Gasteiger partial charge in [0.25, 0.3) is 5.69 Å². The van der Waals surface area contributed by atoms with Gasteiger partial charge in [-0.25, -0.2) is 0 Å². The first-order valence-electron chi connectivity index (χ1n) is 11.2. The summed E-state index contributed by atoms with van der Waals surface area (Å²) in [6, 6.07) is 13.0. The molecule has 4 rings (SSSR count). The van der Waals surface area contributed by atoms with E-state index in [2.05, 4.69) is 28.9 Å². The van der Waals surface area contributed by atoms with Crippen LogP contribution in [0.15, 0.2) is 42.5 Å². The van der Waals surface area contributed by atoms with Gasteiger partial charge < -0.3 is 4.90 Å². The maximum Gasteiger partial charge on any atom is 0.274 e. The molecule has 2 aliphatic rings. The number of hydrogen-bond donors (Lipinski definition) is 0. The number of nitro benzene ring substituents is 1. The molecule has 7 nitrogen and oxygen atoms in total. The summed E-state index contributed by atoms with van der Waals surface area (Å²) in [5, 5.41) is 11.9. The standard InChI is InChI=1S/C24H28Cl2N4O3/c1-24(28-9-5-6-10-28)17-27(16-18-7-3-2-4-8-18)11-12-29(24)23(31)14-19-13-20(25)21(26)15-22(19)30(32)33/h2-4,7-8,13,15H,5-6,9-12,14,16-17H2,1H3/t24-/m1/s1. The van der Waals surface area contributed by atoms with E-state index in [1.54, 1.807) is 0 Å². The van der Waals surface area contributed by atoms with E-state index in [0.717, 1.165) is 45.6 Å². The number of nitrogens with zero attached hydrogens (tertiary/aromatic N) is 4. The second kappa shape index (κ2) is 9.97. The summed E-state index contributed by atoms with van der Waals surface area (Å²) in [6.07, 6.45) is 2.12. The lowest BCUT2D eigenvalue weighted by Crippen LogP contribution is -2.69. The number of halogens is 2. The number of nitro groups is 1. The third kappa shape index (κ3) is 5.17. The molecule has 2 heterocycles. The maximum absolute atomic E-state index is 13.6. The average Bonchev–Trinajstić information content (AvgIpc) is 3.32. The van der Waals surface area contributed by atoms with Crippen molar-refractivity contribution in [3.63, 3.8) is 0 Å². The number of piperazine rings is 1. The van der Waals surface area contributed by atoms with Crippen LogP contribution in [-0.4, -0.2) is 63.9 Å². The predicted octanol–water partition coefficient (Wildman–Crippen LogP) is 4.60. The summed E-state index contributed by atoms with van der Waals surface area (Å²) in [6.45, 7) is 6.85. The fourth-order valence-corrected chi connectivity index (χ4v) is 5.40. The molecule has 2 saturated heterocycles. The third-order valence-corrected chi connectivity index (χ3v) is 7.46. The minimum atomic E-state index is -0.512. The molecule has 2 aromatic rings. The van der Waals surface area contributed by atoms with Crippen LogP contribution in [0.5, 0.6) is 0 Å².